The van der Waals surface area contributed by atoms with Crippen molar-refractivity contribution < 1.29 is 18.8 Å². The van der Waals surface area contributed by atoms with Crippen LogP contribution in [0.2, 0.25) is 0 Å². The third kappa shape index (κ3) is 6.28. The fraction of sp³-hybridized carbons (Fsp3) is 0. The van der Waals surface area contributed by atoms with Crippen LogP contribution in [0.25, 0.3) is 24.3 Å². The van der Waals surface area contributed by atoms with Gasteiger partial charge >= 0.3 is 12.1 Å². The number of urea groups is 2. The van der Waals surface area contributed by atoms with Crippen LogP contribution in [0.4, 0.5) is 32.3 Å². The number of anilines is 4. The third-order valence-corrected chi connectivity index (χ3v) is 6.70. The molecule has 0 bridgehead atoms. The summed E-state index contributed by atoms with van der Waals surface area (Å²) >= 11 is 0. The summed E-state index contributed by atoms with van der Waals surface area (Å²) in [6, 6.07) is 33.1. The Morgan fingerprint density at radius 1 is 0.512 bits per heavy atom. The van der Waals surface area contributed by atoms with E-state index >= 15 is 0 Å². The zero-order valence-corrected chi connectivity index (χ0v) is 23.0. The van der Waals surface area contributed by atoms with Gasteiger partial charge in [0.1, 0.15) is 0 Å². The topological polar surface area (TPSA) is 123 Å². The van der Waals surface area contributed by atoms with Crippen molar-refractivity contribution in [2.24, 2.45) is 11.5 Å². The first-order valence-corrected chi connectivity index (χ1v) is 13.4. The van der Waals surface area contributed by atoms with E-state index in [4.69, 9.17) is 11.5 Å². The summed E-state index contributed by atoms with van der Waals surface area (Å²) in [7, 11) is 0. The van der Waals surface area contributed by atoms with Gasteiger partial charge < -0.3 is 15.9 Å². The summed E-state index contributed by atoms with van der Waals surface area (Å²) in [6.45, 7) is 0. The van der Waals surface area contributed by atoms with Crippen LogP contribution in [-0.2, 0) is 0 Å². The van der Waals surface area contributed by atoms with Crippen molar-refractivity contribution in [1.82, 2.24) is 0 Å². The van der Waals surface area contributed by atoms with Crippen molar-refractivity contribution in [3.63, 3.8) is 0 Å². The average molecular weight is 569 g/mol. The standard InChI is InChI=1S/2C15H12N2O.C5H4O2/c2*16-15(18)17-13-7-3-1-5-11(13)9-10-12-6-2-4-8-14(12)17;6-4-5-2-1-3-7-5/h2*1-10H,(H2,16,18);1-4H. The molecule has 0 saturated carbocycles. The number of carbonyl (C=O) groups excluding carboxylic acids is 3. The van der Waals surface area contributed by atoms with E-state index < -0.39 is 12.1 Å². The van der Waals surface area contributed by atoms with Crippen molar-refractivity contribution in [1.29, 1.82) is 0 Å². The quantitative estimate of drug-likeness (QED) is 0.200. The molecule has 0 fully saturated rings. The zero-order chi connectivity index (χ0) is 30.2. The molecule has 2 aliphatic rings. The SMILES string of the molecule is NC(=O)N1c2ccccc2C=Cc2ccccc21.NC(=O)N1c2ccccc2C=Cc2ccccc21.O=Cc1ccco1. The Morgan fingerprint density at radius 3 is 1.07 bits per heavy atom. The molecular weight excluding hydrogens is 540 g/mol. The first-order valence-electron chi connectivity index (χ1n) is 13.4. The lowest BCUT2D eigenvalue weighted by atomic mass is 10.1. The molecule has 0 unspecified atom stereocenters. The summed E-state index contributed by atoms with van der Waals surface area (Å²) in [5.41, 5.74) is 18.2. The predicted octanol–water partition coefficient (Wildman–Crippen LogP) is 7.87. The summed E-state index contributed by atoms with van der Waals surface area (Å²) in [5, 5.41) is 0. The number of furan rings is 1. The van der Waals surface area contributed by atoms with Gasteiger partial charge in [0.25, 0.3) is 0 Å². The number of para-hydroxylation sites is 4. The number of carbonyl (C=O) groups is 3. The van der Waals surface area contributed by atoms with Gasteiger partial charge in [-0.1, -0.05) is 97.1 Å². The summed E-state index contributed by atoms with van der Waals surface area (Å²) in [5.74, 6) is 0.375. The molecule has 1 aromatic heterocycles. The first-order chi connectivity index (χ1) is 21.0. The van der Waals surface area contributed by atoms with Gasteiger partial charge in [0, 0.05) is 0 Å². The smallest absolute Gasteiger partial charge is 0.323 e. The van der Waals surface area contributed by atoms with E-state index in [0.29, 0.717) is 12.0 Å². The summed E-state index contributed by atoms with van der Waals surface area (Å²) in [4.78, 5) is 36.4. The lowest BCUT2D eigenvalue weighted by molar-refractivity contribution is 0.110. The van der Waals surface area contributed by atoms with Crippen molar-refractivity contribution in [3.05, 3.63) is 143 Å². The number of rotatable bonds is 1. The Hall–Kier alpha value is -6.15. The maximum Gasteiger partial charge on any atom is 0.323 e. The maximum absolute atomic E-state index is 11.8. The van der Waals surface area contributed by atoms with E-state index in [0.717, 1.165) is 45.0 Å². The van der Waals surface area contributed by atoms with Gasteiger partial charge in [0.05, 0.1) is 29.0 Å². The minimum Gasteiger partial charge on any atom is -0.462 e. The van der Waals surface area contributed by atoms with Crippen LogP contribution < -0.4 is 21.3 Å². The second kappa shape index (κ2) is 13.0. The molecular formula is C35H28N4O4. The van der Waals surface area contributed by atoms with Crippen LogP contribution in [0.3, 0.4) is 0 Å². The Balaban J connectivity index is 0.000000141. The number of nitrogens with zero attached hydrogens (tertiary/aromatic N) is 2. The Bertz CT molecular complexity index is 1610. The van der Waals surface area contributed by atoms with Crippen LogP contribution in [0, 0.1) is 0 Å². The van der Waals surface area contributed by atoms with Gasteiger partial charge in [0.2, 0.25) is 0 Å². The zero-order valence-electron chi connectivity index (χ0n) is 23.0. The van der Waals surface area contributed by atoms with E-state index in [-0.39, 0.29) is 0 Å². The summed E-state index contributed by atoms with van der Waals surface area (Å²) in [6.07, 6.45) is 10.1. The molecule has 2 aliphatic heterocycles. The molecule has 43 heavy (non-hydrogen) atoms. The molecule has 8 heteroatoms. The van der Waals surface area contributed by atoms with Crippen LogP contribution in [0.15, 0.2) is 120 Å². The number of aldehydes is 1. The highest BCUT2D eigenvalue weighted by Gasteiger charge is 2.22. The molecule has 212 valence electrons. The number of hydrogen-bond donors (Lipinski definition) is 2. The van der Waals surface area contributed by atoms with E-state index in [1.165, 1.54) is 6.26 Å². The minimum atomic E-state index is -0.474. The maximum atomic E-state index is 11.8. The van der Waals surface area contributed by atoms with Crippen molar-refractivity contribution in [3.8, 4) is 0 Å². The first kappa shape index (κ1) is 28.4. The second-order valence-electron chi connectivity index (χ2n) is 9.38. The largest absolute Gasteiger partial charge is 0.462 e. The molecule has 4 aromatic carbocycles. The van der Waals surface area contributed by atoms with E-state index in [1.54, 1.807) is 21.9 Å². The molecule has 0 saturated heterocycles. The van der Waals surface area contributed by atoms with E-state index in [1.807, 2.05) is 121 Å². The molecule has 4 amide bonds. The average Bonchev–Trinajstić information content (AvgIpc) is 3.43. The minimum absolute atomic E-state index is 0.375. The molecule has 0 spiro atoms. The van der Waals surface area contributed by atoms with Gasteiger partial charge in [0.15, 0.2) is 12.0 Å². The molecule has 7 rings (SSSR count). The molecule has 3 heterocycles. The lowest BCUT2D eigenvalue weighted by Gasteiger charge is -2.22. The molecule has 5 aromatic rings. The number of nitrogens with two attached hydrogens (primary N) is 2. The van der Waals surface area contributed by atoms with Crippen molar-refractivity contribution in [2.75, 3.05) is 9.80 Å². The molecule has 0 radical (unpaired) electrons. The van der Waals surface area contributed by atoms with Gasteiger partial charge in [-0.3, -0.25) is 14.6 Å². The van der Waals surface area contributed by atoms with Gasteiger partial charge in [-0.05, 0) is 58.7 Å². The number of amides is 4. The van der Waals surface area contributed by atoms with E-state index in [2.05, 4.69) is 4.42 Å². The fourth-order valence-corrected chi connectivity index (χ4v) is 4.78. The number of primary amides is 2. The van der Waals surface area contributed by atoms with Crippen molar-refractivity contribution in [2.45, 2.75) is 0 Å². The fourth-order valence-electron chi connectivity index (χ4n) is 4.78. The highest BCUT2D eigenvalue weighted by molar-refractivity contribution is 6.05. The van der Waals surface area contributed by atoms with Crippen LogP contribution in [0.5, 0.6) is 0 Å². The molecule has 0 aliphatic carbocycles. The second-order valence-corrected chi connectivity index (χ2v) is 9.38. The van der Waals surface area contributed by atoms with Gasteiger partial charge in [-0.2, -0.15) is 0 Å². The molecule has 4 N–H and O–H groups in total. The summed E-state index contributed by atoms with van der Waals surface area (Å²) < 4.78 is 4.61. The van der Waals surface area contributed by atoms with E-state index in [9.17, 15) is 14.4 Å². The van der Waals surface area contributed by atoms with Crippen LogP contribution in [0.1, 0.15) is 32.8 Å². The number of benzene rings is 4. The normalized spacial score (nSPS) is 11.9. The number of hydrogen-bond acceptors (Lipinski definition) is 4. The highest BCUT2D eigenvalue weighted by atomic mass is 16.3. The van der Waals surface area contributed by atoms with Crippen LogP contribution in [-0.4, -0.2) is 18.3 Å². The Kier molecular flexibility index (Phi) is 8.59. The van der Waals surface area contributed by atoms with Gasteiger partial charge in [-0.25, -0.2) is 9.59 Å². The van der Waals surface area contributed by atoms with Crippen LogP contribution >= 0.6 is 0 Å². The Morgan fingerprint density at radius 2 is 0.837 bits per heavy atom. The third-order valence-electron chi connectivity index (χ3n) is 6.70. The molecule has 0 atom stereocenters. The van der Waals surface area contributed by atoms with Crippen molar-refractivity contribution >= 4 is 65.4 Å². The molecule has 8 nitrogen and oxygen atoms in total. The highest BCUT2D eigenvalue weighted by Crippen LogP contribution is 2.37. The Labute approximate surface area is 248 Å². The monoisotopic (exact) mass is 568 g/mol. The predicted molar refractivity (Wildman–Crippen MR) is 171 cm³/mol. The lowest BCUT2D eigenvalue weighted by Crippen LogP contribution is -2.32. The van der Waals surface area contributed by atoms with Gasteiger partial charge in [-0.15, -0.1) is 0 Å². The number of fused-ring (bicyclic) bond motifs is 4.